The Kier molecular flexibility index (Phi) is 2.14. The smallest absolute Gasteiger partial charge is 0.258 e. The van der Waals surface area contributed by atoms with Gasteiger partial charge < -0.3 is 9.64 Å². The number of hydrogen-bond donors (Lipinski definition) is 0. The Bertz CT molecular complexity index is 377. The van der Waals surface area contributed by atoms with Crippen molar-refractivity contribution >= 4 is 29.1 Å². The molecule has 3 aliphatic rings. The van der Waals surface area contributed by atoms with Gasteiger partial charge in [-0.2, -0.15) is 0 Å². The van der Waals surface area contributed by atoms with Crippen molar-refractivity contribution < 1.29 is 9.53 Å². The largest absolute Gasteiger partial charge is 0.361 e. The molecule has 0 radical (unpaired) electrons. The van der Waals surface area contributed by atoms with Gasteiger partial charge in [0, 0.05) is 12.5 Å². The molecule has 0 aromatic carbocycles. The lowest BCUT2D eigenvalue weighted by Crippen LogP contribution is -2.41. The quantitative estimate of drug-likeness (QED) is 0.532. The first-order valence-corrected chi connectivity index (χ1v) is 6.21. The highest BCUT2D eigenvalue weighted by atomic mass is 35.5. The van der Waals surface area contributed by atoms with Crippen molar-refractivity contribution in [3.63, 3.8) is 0 Å². The Labute approximate surface area is 104 Å². The predicted molar refractivity (Wildman–Crippen MR) is 61.5 cm³/mol. The van der Waals surface area contributed by atoms with Crippen molar-refractivity contribution in [2.45, 2.75) is 29.4 Å². The van der Waals surface area contributed by atoms with E-state index in [1.54, 1.807) is 4.90 Å². The fourth-order valence-electron chi connectivity index (χ4n) is 2.98. The lowest BCUT2D eigenvalue weighted by Gasteiger charge is -2.24. The van der Waals surface area contributed by atoms with Crippen molar-refractivity contribution in [3.05, 3.63) is 12.2 Å². The minimum Gasteiger partial charge on any atom is -0.361 e. The Morgan fingerprint density at radius 3 is 2.94 bits per heavy atom. The van der Waals surface area contributed by atoms with Crippen LogP contribution in [0.1, 0.15) is 13.3 Å². The summed E-state index contributed by atoms with van der Waals surface area (Å²) in [4.78, 5) is 13.7. The van der Waals surface area contributed by atoms with E-state index in [0.29, 0.717) is 19.0 Å². The molecule has 5 heteroatoms. The summed E-state index contributed by atoms with van der Waals surface area (Å²) in [5.41, 5.74) is -0.251. The number of ether oxygens (including phenoxy) is 1. The summed E-state index contributed by atoms with van der Waals surface area (Å²) < 4.78 is 4.55. The first-order valence-electron chi connectivity index (χ1n) is 5.45. The zero-order valence-corrected chi connectivity index (χ0v) is 10.5. The number of hydrogen-bond acceptors (Lipinski definition) is 2. The molecule has 88 valence electrons. The van der Waals surface area contributed by atoms with E-state index in [-0.39, 0.29) is 17.6 Å². The zero-order chi connectivity index (χ0) is 11.6. The Balaban J connectivity index is 1.80. The molecule has 3 unspecified atom stereocenters. The number of nitrogens with zero attached hydrogens (tertiary/aromatic N) is 1. The van der Waals surface area contributed by atoms with Gasteiger partial charge in [-0.15, -0.1) is 0 Å². The molecule has 0 aromatic rings. The molecule has 3 atom stereocenters. The number of amides is 1. The molecule has 0 aromatic heterocycles. The number of carbonyl (C=O) groups excluding carboxylic acids is 1. The van der Waals surface area contributed by atoms with E-state index in [4.69, 9.17) is 27.9 Å². The second-order valence-electron chi connectivity index (χ2n) is 4.98. The third kappa shape index (κ3) is 1.41. The van der Waals surface area contributed by atoms with Crippen molar-refractivity contribution in [3.8, 4) is 0 Å². The summed E-state index contributed by atoms with van der Waals surface area (Å²) in [5.74, 6) is 0.183. The van der Waals surface area contributed by atoms with Gasteiger partial charge in [-0.25, -0.2) is 0 Å². The summed E-state index contributed by atoms with van der Waals surface area (Å²) in [6.45, 7) is 2.80. The highest BCUT2D eigenvalue weighted by Crippen LogP contribution is 2.48. The normalized spacial score (nSPS) is 40.6. The van der Waals surface area contributed by atoms with Gasteiger partial charge >= 0.3 is 0 Å². The molecule has 0 saturated carbocycles. The molecular formula is C11H13Cl2NO2. The van der Waals surface area contributed by atoms with E-state index in [9.17, 15) is 4.79 Å². The molecular weight excluding hydrogens is 249 g/mol. The van der Waals surface area contributed by atoms with Gasteiger partial charge in [0.05, 0.1) is 12.6 Å². The highest BCUT2D eigenvalue weighted by Gasteiger charge is 2.57. The van der Waals surface area contributed by atoms with Crippen LogP contribution < -0.4 is 0 Å². The lowest BCUT2D eigenvalue weighted by atomic mass is 9.86. The monoisotopic (exact) mass is 261 g/mol. The van der Waals surface area contributed by atoms with E-state index < -0.39 is 4.33 Å². The molecule has 3 nitrogen and oxygen atoms in total. The van der Waals surface area contributed by atoms with Crippen LogP contribution in [0.15, 0.2) is 12.2 Å². The van der Waals surface area contributed by atoms with Crippen LogP contribution in [-0.4, -0.2) is 39.9 Å². The third-order valence-electron chi connectivity index (χ3n) is 3.71. The number of carbonyl (C=O) groups is 1. The van der Waals surface area contributed by atoms with Gasteiger partial charge in [0.2, 0.25) is 0 Å². The van der Waals surface area contributed by atoms with Crippen molar-refractivity contribution in [1.29, 1.82) is 0 Å². The SMILES string of the molecule is CC(Cl)(Cl)C(=O)N1CC2CC3C=CC2(C1)O3. The Morgan fingerprint density at radius 1 is 1.62 bits per heavy atom. The highest BCUT2D eigenvalue weighted by molar-refractivity contribution is 6.57. The maximum Gasteiger partial charge on any atom is 0.258 e. The van der Waals surface area contributed by atoms with Crippen molar-refractivity contribution in [2.75, 3.05) is 13.1 Å². The van der Waals surface area contributed by atoms with E-state index in [0.717, 1.165) is 6.42 Å². The van der Waals surface area contributed by atoms with Crippen LogP contribution in [0, 0.1) is 5.92 Å². The van der Waals surface area contributed by atoms with Gasteiger partial charge in [0.15, 0.2) is 4.33 Å². The standard InChI is InChI=1S/C11H13Cl2NO2/c1-10(12,13)9(15)14-5-7-4-8-2-3-11(7,6-14)16-8/h2-3,7-8H,4-6H2,1H3. The predicted octanol–water partition coefficient (Wildman–Crippen LogP) is 1.74. The molecule has 3 aliphatic heterocycles. The third-order valence-corrected chi connectivity index (χ3v) is 4.04. The minimum absolute atomic E-state index is 0.222. The molecule has 3 rings (SSSR count). The van der Waals surface area contributed by atoms with E-state index >= 15 is 0 Å². The average molecular weight is 262 g/mol. The molecule has 0 aliphatic carbocycles. The maximum absolute atomic E-state index is 12.0. The molecule has 2 fully saturated rings. The van der Waals surface area contributed by atoms with Gasteiger partial charge in [-0.3, -0.25) is 4.79 Å². The second kappa shape index (κ2) is 3.15. The first-order chi connectivity index (χ1) is 7.41. The molecule has 2 saturated heterocycles. The average Bonchev–Trinajstić information content (AvgIpc) is 2.79. The number of rotatable bonds is 1. The Morgan fingerprint density at radius 2 is 2.38 bits per heavy atom. The molecule has 1 amide bonds. The summed E-state index contributed by atoms with van der Waals surface area (Å²) in [6.07, 6.45) is 5.44. The van der Waals surface area contributed by atoms with Crippen LogP contribution in [0.4, 0.5) is 0 Å². The molecule has 0 N–H and O–H groups in total. The topological polar surface area (TPSA) is 29.5 Å². The zero-order valence-electron chi connectivity index (χ0n) is 8.95. The van der Waals surface area contributed by atoms with Gasteiger partial charge in [0.1, 0.15) is 5.60 Å². The Hall–Kier alpha value is -0.250. The summed E-state index contributed by atoms with van der Waals surface area (Å²) in [6, 6.07) is 0. The summed E-state index contributed by atoms with van der Waals surface area (Å²) in [7, 11) is 0. The fourth-order valence-corrected chi connectivity index (χ4v) is 3.22. The number of halogens is 2. The van der Waals surface area contributed by atoms with Crippen LogP contribution in [0.25, 0.3) is 0 Å². The second-order valence-corrected chi connectivity index (χ2v) is 6.68. The number of alkyl halides is 2. The van der Waals surface area contributed by atoms with Crippen LogP contribution in [0.5, 0.6) is 0 Å². The van der Waals surface area contributed by atoms with E-state index in [1.165, 1.54) is 6.92 Å². The van der Waals surface area contributed by atoms with Crippen LogP contribution in [0.2, 0.25) is 0 Å². The molecule has 1 spiro atoms. The maximum atomic E-state index is 12.0. The minimum atomic E-state index is -1.34. The van der Waals surface area contributed by atoms with Gasteiger partial charge in [0.25, 0.3) is 5.91 Å². The number of likely N-dealkylation sites (tertiary alicyclic amines) is 1. The van der Waals surface area contributed by atoms with Gasteiger partial charge in [-0.05, 0) is 13.3 Å². The van der Waals surface area contributed by atoms with Gasteiger partial charge in [-0.1, -0.05) is 35.4 Å². The van der Waals surface area contributed by atoms with Crippen LogP contribution in [0.3, 0.4) is 0 Å². The summed E-state index contributed by atoms with van der Waals surface area (Å²) >= 11 is 11.7. The van der Waals surface area contributed by atoms with Crippen molar-refractivity contribution in [1.82, 2.24) is 4.90 Å². The molecule has 2 bridgehead atoms. The fraction of sp³-hybridized carbons (Fsp3) is 0.727. The van der Waals surface area contributed by atoms with E-state index in [2.05, 4.69) is 12.2 Å². The van der Waals surface area contributed by atoms with Crippen LogP contribution >= 0.6 is 23.2 Å². The summed E-state index contributed by atoms with van der Waals surface area (Å²) in [5, 5.41) is 0. The molecule has 16 heavy (non-hydrogen) atoms. The lowest BCUT2D eigenvalue weighted by molar-refractivity contribution is -0.131. The van der Waals surface area contributed by atoms with Crippen molar-refractivity contribution in [2.24, 2.45) is 5.92 Å². The van der Waals surface area contributed by atoms with Crippen LogP contribution in [-0.2, 0) is 9.53 Å². The number of fused-ring (bicyclic) bond motifs is 1. The van der Waals surface area contributed by atoms with E-state index in [1.807, 2.05) is 0 Å². The molecule has 3 heterocycles. The first kappa shape index (κ1) is 10.9.